The lowest BCUT2D eigenvalue weighted by molar-refractivity contribution is 0.0363. The van der Waals surface area contributed by atoms with Crippen molar-refractivity contribution in [3.05, 3.63) is 29.3 Å². The largest absolute Gasteiger partial charge is 0.496 e. The standard InChI is InChI=1S/C13H20O3/c1-4-7-16-9-12(14)11-6-5-10(2)13(8-11)15-3/h5-6,8,12,14H,4,7,9H2,1-3H3. The number of rotatable bonds is 6. The molecule has 0 spiro atoms. The molecule has 1 atom stereocenters. The predicted octanol–water partition coefficient (Wildman–Crippen LogP) is 2.46. The zero-order chi connectivity index (χ0) is 12.0. The Morgan fingerprint density at radius 2 is 2.12 bits per heavy atom. The average molecular weight is 224 g/mol. The van der Waals surface area contributed by atoms with Crippen molar-refractivity contribution in [1.82, 2.24) is 0 Å². The van der Waals surface area contributed by atoms with Gasteiger partial charge in [0.1, 0.15) is 11.9 Å². The first-order chi connectivity index (χ1) is 7.69. The summed E-state index contributed by atoms with van der Waals surface area (Å²) in [4.78, 5) is 0. The van der Waals surface area contributed by atoms with Gasteiger partial charge in [-0.2, -0.15) is 0 Å². The van der Waals surface area contributed by atoms with Gasteiger partial charge in [-0.1, -0.05) is 19.1 Å². The van der Waals surface area contributed by atoms with Crippen molar-refractivity contribution < 1.29 is 14.6 Å². The van der Waals surface area contributed by atoms with Crippen LogP contribution in [0.25, 0.3) is 0 Å². The van der Waals surface area contributed by atoms with Crippen LogP contribution in [0.1, 0.15) is 30.6 Å². The molecule has 1 aromatic rings. The van der Waals surface area contributed by atoms with E-state index in [0.717, 1.165) is 23.3 Å². The zero-order valence-corrected chi connectivity index (χ0v) is 10.2. The molecule has 3 nitrogen and oxygen atoms in total. The summed E-state index contributed by atoms with van der Waals surface area (Å²) in [6.45, 7) is 5.03. The normalized spacial score (nSPS) is 12.5. The van der Waals surface area contributed by atoms with Crippen molar-refractivity contribution in [3.8, 4) is 5.75 Å². The highest BCUT2D eigenvalue weighted by molar-refractivity contribution is 5.37. The number of benzene rings is 1. The van der Waals surface area contributed by atoms with Crippen LogP contribution >= 0.6 is 0 Å². The maximum Gasteiger partial charge on any atom is 0.122 e. The van der Waals surface area contributed by atoms with E-state index < -0.39 is 6.10 Å². The second kappa shape index (κ2) is 6.51. The Kier molecular flexibility index (Phi) is 5.29. The highest BCUT2D eigenvalue weighted by Gasteiger charge is 2.09. The second-order valence-corrected chi connectivity index (χ2v) is 3.82. The Morgan fingerprint density at radius 3 is 2.75 bits per heavy atom. The van der Waals surface area contributed by atoms with Crippen LogP contribution in [0.15, 0.2) is 18.2 Å². The Hall–Kier alpha value is -1.06. The highest BCUT2D eigenvalue weighted by atomic mass is 16.5. The average Bonchev–Trinajstić information content (AvgIpc) is 2.30. The van der Waals surface area contributed by atoms with Crippen LogP contribution in [0.4, 0.5) is 0 Å². The van der Waals surface area contributed by atoms with Gasteiger partial charge in [-0.15, -0.1) is 0 Å². The van der Waals surface area contributed by atoms with Crippen molar-refractivity contribution in [2.75, 3.05) is 20.3 Å². The van der Waals surface area contributed by atoms with Crippen LogP contribution in [0.3, 0.4) is 0 Å². The molecular formula is C13H20O3. The maximum atomic E-state index is 9.88. The first-order valence-electron chi connectivity index (χ1n) is 5.59. The maximum absolute atomic E-state index is 9.88. The summed E-state index contributed by atoms with van der Waals surface area (Å²) in [6.07, 6.45) is 0.380. The van der Waals surface area contributed by atoms with Gasteiger partial charge in [0.15, 0.2) is 0 Å². The van der Waals surface area contributed by atoms with Crippen molar-refractivity contribution >= 4 is 0 Å². The third-order valence-corrected chi connectivity index (χ3v) is 2.44. The molecule has 0 saturated heterocycles. The number of methoxy groups -OCH3 is 1. The summed E-state index contributed by atoms with van der Waals surface area (Å²) in [5.74, 6) is 0.798. The van der Waals surface area contributed by atoms with Crippen LogP contribution in [0, 0.1) is 6.92 Å². The molecule has 16 heavy (non-hydrogen) atoms. The summed E-state index contributed by atoms with van der Waals surface area (Å²) in [6, 6.07) is 5.70. The van der Waals surface area contributed by atoms with Crippen LogP contribution in [0.2, 0.25) is 0 Å². The third-order valence-electron chi connectivity index (χ3n) is 2.44. The molecule has 0 aliphatic heterocycles. The van der Waals surface area contributed by atoms with Gasteiger partial charge in [0.05, 0.1) is 13.7 Å². The highest BCUT2D eigenvalue weighted by Crippen LogP contribution is 2.23. The molecule has 0 saturated carbocycles. The molecule has 1 aromatic carbocycles. The lowest BCUT2D eigenvalue weighted by Crippen LogP contribution is -2.08. The van der Waals surface area contributed by atoms with E-state index in [1.807, 2.05) is 32.0 Å². The monoisotopic (exact) mass is 224 g/mol. The van der Waals surface area contributed by atoms with Gasteiger partial charge in [0.25, 0.3) is 0 Å². The number of hydrogen-bond donors (Lipinski definition) is 1. The lowest BCUT2D eigenvalue weighted by atomic mass is 10.1. The van der Waals surface area contributed by atoms with Crippen LogP contribution in [-0.4, -0.2) is 25.4 Å². The fourth-order valence-electron chi connectivity index (χ4n) is 1.48. The third kappa shape index (κ3) is 3.51. The fraction of sp³-hybridized carbons (Fsp3) is 0.538. The molecule has 0 fully saturated rings. The summed E-state index contributed by atoms with van der Waals surface area (Å²) >= 11 is 0. The van der Waals surface area contributed by atoms with E-state index in [1.54, 1.807) is 7.11 Å². The van der Waals surface area contributed by atoms with Gasteiger partial charge >= 0.3 is 0 Å². The van der Waals surface area contributed by atoms with Crippen LogP contribution in [-0.2, 0) is 4.74 Å². The fourth-order valence-corrected chi connectivity index (χ4v) is 1.48. The number of aliphatic hydroxyl groups excluding tert-OH is 1. The zero-order valence-electron chi connectivity index (χ0n) is 10.2. The predicted molar refractivity (Wildman–Crippen MR) is 63.8 cm³/mol. The van der Waals surface area contributed by atoms with Crippen LogP contribution in [0.5, 0.6) is 5.75 Å². The Labute approximate surface area is 97.0 Å². The molecule has 0 amide bonds. The first kappa shape index (κ1) is 13.0. The van der Waals surface area contributed by atoms with Crippen molar-refractivity contribution in [1.29, 1.82) is 0 Å². The molecule has 1 unspecified atom stereocenters. The SMILES string of the molecule is CCCOCC(O)c1ccc(C)c(OC)c1. The van der Waals surface area contributed by atoms with Gasteiger partial charge in [-0.25, -0.2) is 0 Å². The topological polar surface area (TPSA) is 38.7 Å². The molecule has 90 valence electrons. The van der Waals surface area contributed by atoms with E-state index in [-0.39, 0.29) is 0 Å². The molecule has 3 heteroatoms. The van der Waals surface area contributed by atoms with E-state index in [4.69, 9.17) is 9.47 Å². The van der Waals surface area contributed by atoms with E-state index in [0.29, 0.717) is 13.2 Å². The van der Waals surface area contributed by atoms with Crippen molar-refractivity contribution in [3.63, 3.8) is 0 Å². The smallest absolute Gasteiger partial charge is 0.122 e. The van der Waals surface area contributed by atoms with Gasteiger partial charge in [-0.05, 0) is 30.5 Å². The number of aryl methyl sites for hydroxylation is 1. The van der Waals surface area contributed by atoms with E-state index in [1.165, 1.54) is 0 Å². The summed E-state index contributed by atoms with van der Waals surface area (Å²) in [5.41, 5.74) is 1.89. The molecule has 0 aliphatic carbocycles. The van der Waals surface area contributed by atoms with Crippen molar-refractivity contribution in [2.45, 2.75) is 26.4 Å². The molecule has 0 heterocycles. The number of hydrogen-bond acceptors (Lipinski definition) is 3. The summed E-state index contributed by atoms with van der Waals surface area (Å²) < 4.78 is 10.5. The Morgan fingerprint density at radius 1 is 1.38 bits per heavy atom. The molecule has 0 aromatic heterocycles. The minimum absolute atomic E-state index is 0.333. The number of aliphatic hydroxyl groups is 1. The van der Waals surface area contributed by atoms with Crippen LogP contribution < -0.4 is 4.74 Å². The van der Waals surface area contributed by atoms with Gasteiger partial charge < -0.3 is 14.6 Å². The molecular weight excluding hydrogens is 204 g/mol. The van der Waals surface area contributed by atoms with Gasteiger partial charge in [0.2, 0.25) is 0 Å². The van der Waals surface area contributed by atoms with E-state index in [9.17, 15) is 5.11 Å². The molecule has 1 N–H and O–H groups in total. The summed E-state index contributed by atoms with van der Waals surface area (Å²) in [5, 5.41) is 9.88. The van der Waals surface area contributed by atoms with Crippen molar-refractivity contribution in [2.24, 2.45) is 0 Å². The number of ether oxygens (including phenoxy) is 2. The van der Waals surface area contributed by atoms with Gasteiger partial charge in [0, 0.05) is 6.61 Å². The lowest BCUT2D eigenvalue weighted by Gasteiger charge is -2.13. The first-order valence-corrected chi connectivity index (χ1v) is 5.59. The van der Waals surface area contributed by atoms with E-state index >= 15 is 0 Å². The van der Waals surface area contributed by atoms with E-state index in [2.05, 4.69) is 0 Å². The second-order valence-electron chi connectivity index (χ2n) is 3.82. The summed E-state index contributed by atoms with van der Waals surface area (Å²) in [7, 11) is 1.63. The molecule has 1 rings (SSSR count). The Balaban J connectivity index is 2.64. The minimum Gasteiger partial charge on any atom is -0.496 e. The molecule has 0 radical (unpaired) electrons. The Bertz CT molecular complexity index is 323. The molecule has 0 bridgehead atoms. The molecule has 0 aliphatic rings. The van der Waals surface area contributed by atoms with Gasteiger partial charge in [-0.3, -0.25) is 0 Å². The quantitative estimate of drug-likeness (QED) is 0.754. The minimum atomic E-state index is -0.582.